The first kappa shape index (κ1) is 13.9. The Kier molecular flexibility index (Phi) is 3.32. The minimum absolute atomic E-state index is 0.00929. The van der Waals surface area contributed by atoms with Crippen molar-refractivity contribution in [1.29, 1.82) is 0 Å². The van der Waals surface area contributed by atoms with Gasteiger partial charge in [0.05, 0.1) is 13.0 Å². The van der Waals surface area contributed by atoms with Gasteiger partial charge in [0.1, 0.15) is 5.60 Å². The highest BCUT2D eigenvalue weighted by molar-refractivity contribution is 5.78. The second-order valence-corrected chi connectivity index (χ2v) is 6.24. The average molecular weight is 267 g/mol. The number of rotatable bonds is 2. The SMILES string of the molecule is C=C1[C@@H]2[C@@H](C(=O)OC)[C@H]1C[C@H]2NC(=O)OC(C)(C)C. The summed E-state index contributed by atoms with van der Waals surface area (Å²) >= 11 is 0. The molecule has 0 aromatic heterocycles. The molecule has 0 saturated heterocycles. The maximum Gasteiger partial charge on any atom is 0.407 e. The zero-order valence-electron chi connectivity index (χ0n) is 11.9. The first-order chi connectivity index (χ1) is 8.74. The largest absolute Gasteiger partial charge is 0.469 e. The summed E-state index contributed by atoms with van der Waals surface area (Å²) in [5.74, 6) is -0.240. The van der Waals surface area contributed by atoms with E-state index in [2.05, 4.69) is 11.9 Å². The molecule has 3 fully saturated rings. The predicted molar refractivity (Wildman–Crippen MR) is 69.4 cm³/mol. The predicted octanol–water partition coefficient (Wildman–Crippen LogP) is 1.87. The van der Waals surface area contributed by atoms with Gasteiger partial charge in [-0.1, -0.05) is 12.2 Å². The van der Waals surface area contributed by atoms with Crippen molar-refractivity contribution in [3.05, 3.63) is 12.2 Å². The van der Waals surface area contributed by atoms with Crippen molar-refractivity contribution in [3.63, 3.8) is 0 Å². The Hall–Kier alpha value is -1.52. The fourth-order valence-corrected chi connectivity index (χ4v) is 3.12. The van der Waals surface area contributed by atoms with Gasteiger partial charge in [-0.25, -0.2) is 4.79 Å². The van der Waals surface area contributed by atoms with Crippen molar-refractivity contribution in [1.82, 2.24) is 5.32 Å². The van der Waals surface area contributed by atoms with Crippen LogP contribution in [0, 0.1) is 17.8 Å². The number of alkyl carbamates (subject to hydrolysis) is 1. The van der Waals surface area contributed by atoms with Gasteiger partial charge in [-0.15, -0.1) is 0 Å². The molecule has 0 aliphatic heterocycles. The van der Waals surface area contributed by atoms with Crippen LogP contribution in [0.5, 0.6) is 0 Å². The molecule has 3 rings (SSSR count). The third kappa shape index (κ3) is 2.46. The van der Waals surface area contributed by atoms with Crippen molar-refractivity contribution in [2.45, 2.75) is 38.8 Å². The van der Waals surface area contributed by atoms with E-state index in [4.69, 9.17) is 9.47 Å². The van der Waals surface area contributed by atoms with Crippen LogP contribution in [0.25, 0.3) is 0 Å². The molecule has 3 aliphatic rings. The van der Waals surface area contributed by atoms with E-state index in [1.807, 2.05) is 20.8 Å². The molecule has 5 heteroatoms. The lowest BCUT2D eigenvalue weighted by Crippen LogP contribution is -2.45. The number of ether oxygens (including phenoxy) is 2. The van der Waals surface area contributed by atoms with Gasteiger partial charge < -0.3 is 14.8 Å². The minimum atomic E-state index is -0.523. The fraction of sp³-hybridized carbons (Fsp3) is 0.714. The fourth-order valence-electron chi connectivity index (χ4n) is 3.12. The molecule has 1 amide bonds. The molecule has 19 heavy (non-hydrogen) atoms. The molecule has 0 aromatic rings. The van der Waals surface area contributed by atoms with Gasteiger partial charge in [0.15, 0.2) is 0 Å². The Morgan fingerprint density at radius 3 is 2.53 bits per heavy atom. The van der Waals surface area contributed by atoms with Crippen molar-refractivity contribution < 1.29 is 19.1 Å². The zero-order chi connectivity index (χ0) is 14.4. The molecule has 1 N–H and O–H groups in total. The Morgan fingerprint density at radius 2 is 2.00 bits per heavy atom. The van der Waals surface area contributed by atoms with E-state index in [1.54, 1.807) is 0 Å². The van der Waals surface area contributed by atoms with Crippen LogP contribution in [0.15, 0.2) is 12.2 Å². The van der Waals surface area contributed by atoms with Gasteiger partial charge in [-0.05, 0) is 33.1 Å². The molecule has 3 aliphatic carbocycles. The van der Waals surface area contributed by atoms with Crippen LogP contribution in [-0.2, 0) is 14.3 Å². The van der Waals surface area contributed by atoms with E-state index >= 15 is 0 Å². The average Bonchev–Trinajstić information content (AvgIpc) is 2.78. The minimum Gasteiger partial charge on any atom is -0.469 e. The second-order valence-electron chi connectivity index (χ2n) is 6.24. The summed E-state index contributed by atoms with van der Waals surface area (Å²) in [6, 6.07) is -0.0727. The topological polar surface area (TPSA) is 64.6 Å². The molecule has 106 valence electrons. The van der Waals surface area contributed by atoms with Gasteiger partial charge in [0, 0.05) is 12.0 Å². The number of carbonyl (C=O) groups is 2. The number of fused-ring (bicyclic) bond motifs is 1. The number of esters is 1. The summed E-state index contributed by atoms with van der Waals surface area (Å²) in [5, 5.41) is 2.84. The molecule has 0 radical (unpaired) electrons. The molecule has 0 unspecified atom stereocenters. The van der Waals surface area contributed by atoms with Crippen molar-refractivity contribution in [3.8, 4) is 0 Å². The highest BCUT2D eigenvalue weighted by atomic mass is 16.6. The third-order valence-electron chi connectivity index (χ3n) is 3.84. The highest BCUT2D eigenvalue weighted by Crippen LogP contribution is 2.57. The van der Waals surface area contributed by atoms with Crippen molar-refractivity contribution in [2.24, 2.45) is 17.8 Å². The van der Waals surface area contributed by atoms with Crippen molar-refractivity contribution in [2.75, 3.05) is 7.11 Å². The van der Waals surface area contributed by atoms with Crippen LogP contribution in [0.2, 0.25) is 0 Å². The molecule has 2 bridgehead atoms. The number of hydrogen-bond acceptors (Lipinski definition) is 4. The molecule has 5 nitrogen and oxygen atoms in total. The van der Waals surface area contributed by atoms with Gasteiger partial charge in [0.2, 0.25) is 0 Å². The number of methoxy groups -OCH3 is 1. The summed E-state index contributed by atoms with van der Waals surface area (Å²) in [6.45, 7) is 9.43. The van der Waals surface area contributed by atoms with E-state index in [0.29, 0.717) is 0 Å². The quantitative estimate of drug-likeness (QED) is 0.613. The van der Waals surface area contributed by atoms with E-state index < -0.39 is 11.7 Å². The van der Waals surface area contributed by atoms with Crippen LogP contribution in [0.3, 0.4) is 0 Å². The molecule has 0 spiro atoms. The van der Waals surface area contributed by atoms with Crippen molar-refractivity contribution >= 4 is 12.1 Å². The zero-order valence-corrected chi connectivity index (χ0v) is 11.9. The lowest BCUT2D eigenvalue weighted by Gasteiger charge is -2.37. The number of amides is 1. The maximum atomic E-state index is 11.8. The number of nitrogens with one attached hydrogen (secondary N) is 1. The first-order valence-electron chi connectivity index (χ1n) is 6.50. The smallest absolute Gasteiger partial charge is 0.407 e. The van der Waals surface area contributed by atoms with Gasteiger partial charge in [0.25, 0.3) is 0 Å². The Bertz CT molecular complexity index is 424. The first-order valence-corrected chi connectivity index (χ1v) is 6.50. The summed E-state index contributed by atoms with van der Waals surface area (Å²) in [7, 11) is 1.39. The third-order valence-corrected chi connectivity index (χ3v) is 3.84. The summed E-state index contributed by atoms with van der Waals surface area (Å²) < 4.78 is 10.0. The Morgan fingerprint density at radius 1 is 1.37 bits per heavy atom. The van der Waals surface area contributed by atoms with E-state index in [9.17, 15) is 9.59 Å². The van der Waals surface area contributed by atoms with Crippen LogP contribution in [0.4, 0.5) is 4.79 Å². The Balaban J connectivity index is 1.96. The molecule has 3 saturated carbocycles. The maximum absolute atomic E-state index is 11.8. The molecular formula is C14H21NO4. The number of hydrogen-bond donors (Lipinski definition) is 1. The van der Waals surface area contributed by atoms with Crippen LogP contribution < -0.4 is 5.32 Å². The lowest BCUT2D eigenvalue weighted by molar-refractivity contribution is -0.150. The van der Waals surface area contributed by atoms with Gasteiger partial charge >= 0.3 is 12.1 Å². The standard InChI is InChI=1S/C14H21NO4/c1-7-8-6-9(10(7)11(8)12(16)18-5)15-13(17)19-14(2,3)4/h8-11H,1,6H2,2-5H3,(H,15,17)/t8-,9+,10-,11-/m0/s1. The molecular weight excluding hydrogens is 246 g/mol. The lowest BCUT2D eigenvalue weighted by atomic mass is 9.68. The van der Waals surface area contributed by atoms with E-state index in [-0.39, 0.29) is 29.8 Å². The second kappa shape index (κ2) is 4.54. The van der Waals surface area contributed by atoms with Gasteiger partial charge in [-0.3, -0.25) is 4.79 Å². The van der Waals surface area contributed by atoms with Gasteiger partial charge in [-0.2, -0.15) is 0 Å². The summed E-state index contributed by atoms with van der Waals surface area (Å²) in [6.07, 6.45) is 0.296. The molecule has 4 atom stereocenters. The molecule has 0 aromatic carbocycles. The van der Waals surface area contributed by atoms with Crippen LogP contribution in [-0.4, -0.2) is 30.8 Å². The monoisotopic (exact) mass is 267 g/mol. The highest BCUT2D eigenvalue weighted by Gasteiger charge is 2.60. The summed E-state index contributed by atoms with van der Waals surface area (Å²) in [4.78, 5) is 23.4. The number of carbonyl (C=O) groups excluding carboxylic acids is 2. The van der Waals surface area contributed by atoms with E-state index in [1.165, 1.54) is 7.11 Å². The van der Waals surface area contributed by atoms with Crippen LogP contribution in [0.1, 0.15) is 27.2 Å². The van der Waals surface area contributed by atoms with E-state index in [0.717, 1.165) is 12.0 Å². The molecule has 0 heterocycles. The normalized spacial score (nSPS) is 32.5. The van der Waals surface area contributed by atoms with Crippen LogP contribution >= 0.6 is 0 Å². The Labute approximate surface area is 113 Å². The summed E-state index contributed by atoms with van der Waals surface area (Å²) in [5.41, 5.74) is 0.515.